The molecule has 0 saturated heterocycles. The van der Waals surface area contributed by atoms with E-state index in [-0.39, 0.29) is 0 Å². The number of aryl methyl sites for hydroxylation is 2. The van der Waals surface area contributed by atoms with Crippen molar-refractivity contribution >= 4 is 10.0 Å². The van der Waals surface area contributed by atoms with Crippen LogP contribution in [-0.4, -0.2) is 24.7 Å². The van der Waals surface area contributed by atoms with Gasteiger partial charge < -0.3 is 0 Å². The first-order valence-corrected chi connectivity index (χ1v) is 8.66. The van der Waals surface area contributed by atoms with Gasteiger partial charge in [-0.15, -0.1) is 0 Å². The van der Waals surface area contributed by atoms with Crippen molar-refractivity contribution in [3.8, 4) is 0 Å². The molecule has 1 aromatic carbocycles. The molecular formula is C15H21N3O2S. The number of sulfonamides is 1. The minimum absolute atomic E-state index is 0.321. The van der Waals surface area contributed by atoms with Crippen molar-refractivity contribution in [1.82, 2.24) is 14.5 Å². The van der Waals surface area contributed by atoms with Gasteiger partial charge in [-0.05, 0) is 36.6 Å². The molecule has 0 amide bonds. The van der Waals surface area contributed by atoms with Crippen LogP contribution in [0.1, 0.15) is 25.3 Å². The molecule has 0 unspecified atom stereocenters. The molecule has 5 nitrogen and oxygen atoms in total. The number of nitrogens with one attached hydrogen (secondary N) is 1. The summed E-state index contributed by atoms with van der Waals surface area (Å²) >= 11 is 0. The number of benzene rings is 1. The van der Waals surface area contributed by atoms with Crippen molar-refractivity contribution in [3.63, 3.8) is 0 Å². The smallest absolute Gasteiger partial charge is 0.240 e. The van der Waals surface area contributed by atoms with Gasteiger partial charge in [0.05, 0.1) is 4.90 Å². The van der Waals surface area contributed by atoms with Crippen molar-refractivity contribution in [2.45, 2.75) is 37.6 Å². The molecule has 1 N–H and O–H groups in total. The minimum Gasteiger partial charge on any atom is -0.273 e. The number of rotatable bonds is 8. The van der Waals surface area contributed by atoms with Gasteiger partial charge in [-0.1, -0.05) is 25.5 Å². The quantitative estimate of drug-likeness (QED) is 0.760. The molecule has 0 radical (unpaired) electrons. The highest BCUT2D eigenvalue weighted by atomic mass is 32.2. The molecule has 0 aliphatic carbocycles. The van der Waals surface area contributed by atoms with Crippen LogP contribution in [0.4, 0.5) is 0 Å². The maximum atomic E-state index is 12.1. The zero-order chi connectivity index (χ0) is 15.1. The lowest BCUT2D eigenvalue weighted by Gasteiger charge is -2.07. The van der Waals surface area contributed by atoms with Crippen LogP contribution in [-0.2, 0) is 23.0 Å². The number of hydrogen-bond donors (Lipinski definition) is 1. The Morgan fingerprint density at radius 2 is 2.00 bits per heavy atom. The summed E-state index contributed by atoms with van der Waals surface area (Å²) in [5, 5.41) is 4.07. The second-order valence-electron chi connectivity index (χ2n) is 4.91. The molecule has 2 rings (SSSR count). The van der Waals surface area contributed by atoms with Crippen molar-refractivity contribution in [1.29, 1.82) is 0 Å². The van der Waals surface area contributed by atoms with E-state index < -0.39 is 10.0 Å². The lowest BCUT2D eigenvalue weighted by atomic mass is 10.1. The van der Waals surface area contributed by atoms with Gasteiger partial charge in [-0.25, -0.2) is 13.1 Å². The van der Waals surface area contributed by atoms with Gasteiger partial charge in [-0.3, -0.25) is 4.68 Å². The Morgan fingerprint density at radius 1 is 1.24 bits per heavy atom. The predicted molar refractivity (Wildman–Crippen MR) is 82.5 cm³/mol. The van der Waals surface area contributed by atoms with E-state index in [1.54, 1.807) is 23.0 Å². The lowest BCUT2D eigenvalue weighted by Crippen LogP contribution is -2.25. The molecule has 1 aromatic heterocycles. The molecule has 0 atom stereocenters. The maximum Gasteiger partial charge on any atom is 0.240 e. The monoisotopic (exact) mass is 307 g/mol. The standard InChI is InChI=1S/C15H21N3O2S/c1-2-5-14-6-8-15(9-7-14)21(19,20)17-11-4-13-18-12-3-10-16-18/h3,6-10,12,17H,2,4-5,11,13H2,1H3. The van der Waals surface area contributed by atoms with Crippen molar-refractivity contribution in [2.75, 3.05) is 6.54 Å². The van der Waals surface area contributed by atoms with E-state index >= 15 is 0 Å². The second-order valence-corrected chi connectivity index (χ2v) is 6.68. The Bertz CT molecular complexity index is 634. The molecule has 0 fully saturated rings. The molecule has 114 valence electrons. The molecule has 2 aromatic rings. The van der Waals surface area contributed by atoms with E-state index in [4.69, 9.17) is 0 Å². The highest BCUT2D eigenvalue weighted by molar-refractivity contribution is 7.89. The molecule has 0 aliphatic heterocycles. The Labute approximate surface area is 126 Å². The fourth-order valence-corrected chi connectivity index (χ4v) is 3.16. The molecule has 0 aliphatic rings. The first kappa shape index (κ1) is 15.7. The zero-order valence-electron chi connectivity index (χ0n) is 12.2. The summed E-state index contributed by atoms with van der Waals surface area (Å²) < 4.78 is 28.7. The molecule has 0 spiro atoms. The topological polar surface area (TPSA) is 64.0 Å². The molecular weight excluding hydrogens is 286 g/mol. The molecule has 0 saturated carbocycles. The minimum atomic E-state index is -3.41. The number of nitrogens with zero attached hydrogens (tertiary/aromatic N) is 2. The molecule has 1 heterocycles. The van der Waals surface area contributed by atoms with Gasteiger partial charge in [0.15, 0.2) is 0 Å². The summed E-state index contributed by atoms with van der Waals surface area (Å²) in [6, 6.07) is 8.94. The van der Waals surface area contributed by atoms with Gasteiger partial charge in [0.2, 0.25) is 10.0 Å². The summed E-state index contributed by atoms with van der Waals surface area (Å²) in [4.78, 5) is 0.321. The highest BCUT2D eigenvalue weighted by Crippen LogP contribution is 2.11. The van der Waals surface area contributed by atoms with Crippen LogP contribution in [0.15, 0.2) is 47.6 Å². The SMILES string of the molecule is CCCc1ccc(S(=O)(=O)NCCCn2cccn2)cc1. The van der Waals surface area contributed by atoms with E-state index in [0.717, 1.165) is 18.4 Å². The Morgan fingerprint density at radius 3 is 2.62 bits per heavy atom. The van der Waals surface area contributed by atoms with E-state index in [9.17, 15) is 8.42 Å². The van der Waals surface area contributed by atoms with Gasteiger partial charge in [0, 0.05) is 25.5 Å². The van der Waals surface area contributed by atoms with Crippen molar-refractivity contribution < 1.29 is 8.42 Å². The number of hydrogen-bond acceptors (Lipinski definition) is 3. The fraction of sp³-hybridized carbons (Fsp3) is 0.400. The Balaban J connectivity index is 1.85. The summed E-state index contributed by atoms with van der Waals surface area (Å²) in [6.07, 6.45) is 6.30. The fourth-order valence-electron chi connectivity index (χ4n) is 2.09. The molecule has 21 heavy (non-hydrogen) atoms. The highest BCUT2D eigenvalue weighted by Gasteiger charge is 2.12. The summed E-state index contributed by atoms with van der Waals surface area (Å²) in [6.45, 7) is 3.20. The summed E-state index contributed by atoms with van der Waals surface area (Å²) in [7, 11) is -3.41. The zero-order valence-corrected chi connectivity index (χ0v) is 13.0. The van der Waals surface area contributed by atoms with Crippen LogP contribution >= 0.6 is 0 Å². The maximum absolute atomic E-state index is 12.1. The van der Waals surface area contributed by atoms with E-state index in [2.05, 4.69) is 16.7 Å². The van der Waals surface area contributed by atoms with Crippen LogP contribution in [0, 0.1) is 0 Å². The lowest BCUT2D eigenvalue weighted by molar-refractivity contribution is 0.553. The third-order valence-electron chi connectivity index (χ3n) is 3.19. The van der Waals surface area contributed by atoms with Gasteiger partial charge >= 0.3 is 0 Å². The van der Waals surface area contributed by atoms with Crippen LogP contribution in [0.5, 0.6) is 0 Å². The van der Waals surface area contributed by atoms with E-state index in [1.807, 2.05) is 24.4 Å². The van der Waals surface area contributed by atoms with Crippen molar-refractivity contribution in [2.24, 2.45) is 0 Å². The van der Waals surface area contributed by atoms with Crippen LogP contribution in [0.2, 0.25) is 0 Å². The second kappa shape index (κ2) is 7.38. The third-order valence-corrected chi connectivity index (χ3v) is 4.66. The van der Waals surface area contributed by atoms with Gasteiger partial charge in [0.25, 0.3) is 0 Å². The van der Waals surface area contributed by atoms with Gasteiger partial charge in [0.1, 0.15) is 0 Å². The average Bonchev–Trinajstić information content (AvgIpc) is 2.98. The molecule has 0 bridgehead atoms. The van der Waals surface area contributed by atoms with Crippen LogP contribution < -0.4 is 4.72 Å². The Hall–Kier alpha value is -1.66. The summed E-state index contributed by atoms with van der Waals surface area (Å²) in [5.41, 5.74) is 1.16. The van der Waals surface area contributed by atoms with Crippen LogP contribution in [0.3, 0.4) is 0 Å². The van der Waals surface area contributed by atoms with Crippen molar-refractivity contribution in [3.05, 3.63) is 48.3 Å². The van der Waals surface area contributed by atoms with E-state index in [1.165, 1.54) is 0 Å². The number of aromatic nitrogens is 2. The first-order chi connectivity index (χ1) is 10.1. The van der Waals surface area contributed by atoms with Gasteiger partial charge in [-0.2, -0.15) is 5.10 Å². The largest absolute Gasteiger partial charge is 0.273 e. The predicted octanol–water partition coefficient (Wildman–Crippen LogP) is 2.20. The third kappa shape index (κ3) is 4.68. The summed E-state index contributed by atoms with van der Waals surface area (Å²) in [5.74, 6) is 0. The molecule has 6 heteroatoms. The normalized spacial score (nSPS) is 11.7. The van der Waals surface area contributed by atoms with Crippen LogP contribution in [0.25, 0.3) is 0 Å². The average molecular weight is 307 g/mol. The van der Waals surface area contributed by atoms with E-state index in [0.29, 0.717) is 24.4 Å². The Kier molecular flexibility index (Phi) is 5.52. The first-order valence-electron chi connectivity index (χ1n) is 7.18.